The van der Waals surface area contributed by atoms with E-state index >= 15 is 0 Å². The Morgan fingerprint density at radius 3 is 2.54 bits per heavy atom. The van der Waals surface area contributed by atoms with Crippen LogP contribution in [0.25, 0.3) is 11.0 Å². The van der Waals surface area contributed by atoms with Crippen LogP contribution in [-0.4, -0.2) is 65.7 Å². The molecule has 1 aliphatic rings. The first-order valence-electron chi connectivity index (χ1n) is 8.59. The van der Waals surface area contributed by atoms with Gasteiger partial charge in [0.2, 0.25) is 15.9 Å². The third-order valence-corrected chi connectivity index (χ3v) is 6.72. The number of nitrogens with zero attached hydrogens (tertiary/aromatic N) is 3. The summed E-state index contributed by atoms with van der Waals surface area (Å²) in [6.07, 6.45) is 3.08. The third kappa shape index (κ3) is 3.34. The molecule has 1 fully saturated rings. The maximum Gasteiger partial charge on any atom is 0.245 e. The van der Waals surface area contributed by atoms with Gasteiger partial charge in [0.05, 0.1) is 6.04 Å². The molecule has 26 heavy (non-hydrogen) atoms. The lowest BCUT2D eigenvalue weighted by Gasteiger charge is -2.37. The molecule has 142 valence electrons. The standard InChI is InChI=1S/C17H25N5O3S/c1-17(2,3)14(18)16(23)21-7-9-22(10-8-21)26(24,25)13-11-20-15-12(13)5-4-6-19-15/h4-6,11,14H,7-10,18H2,1-3H3,(H,19,20)/t14-/m1/s1. The molecule has 0 unspecified atom stereocenters. The van der Waals surface area contributed by atoms with Crippen molar-refractivity contribution >= 4 is 27.0 Å². The highest BCUT2D eigenvalue weighted by atomic mass is 32.2. The van der Waals surface area contributed by atoms with Crippen molar-refractivity contribution in [2.45, 2.75) is 31.7 Å². The number of rotatable bonds is 3. The summed E-state index contributed by atoms with van der Waals surface area (Å²) in [5.74, 6) is -0.133. The minimum absolute atomic E-state index is 0.133. The maximum absolute atomic E-state index is 13.0. The van der Waals surface area contributed by atoms with E-state index in [0.29, 0.717) is 24.1 Å². The molecule has 2 aromatic heterocycles. The summed E-state index contributed by atoms with van der Waals surface area (Å²) in [5.41, 5.74) is 6.25. The monoisotopic (exact) mass is 379 g/mol. The van der Waals surface area contributed by atoms with Crippen LogP contribution in [0.5, 0.6) is 0 Å². The molecule has 1 atom stereocenters. The molecule has 2 aromatic rings. The van der Waals surface area contributed by atoms with E-state index in [1.165, 1.54) is 10.5 Å². The lowest BCUT2D eigenvalue weighted by Crippen LogP contribution is -2.56. The van der Waals surface area contributed by atoms with Crippen LogP contribution >= 0.6 is 0 Å². The molecule has 9 heteroatoms. The van der Waals surface area contributed by atoms with Crippen LogP contribution in [0.1, 0.15) is 20.8 Å². The van der Waals surface area contributed by atoms with Gasteiger partial charge in [-0.3, -0.25) is 4.79 Å². The highest BCUT2D eigenvalue weighted by molar-refractivity contribution is 7.89. The van der Waals surface area contributed by atoms with E-state index < -0.39 is 16.1 Å². The van der Waals surface area contributed by atoms with Gasteiger partial charge in [-0.2, -0.15) is 4.31 Å². The number of fused-ring (bicyclic) bond motifs is 1. The van der Waals surface area contributed by atoms with Crippen molar-refractivity contribution in [3.8, 4) is 0 Å². The number of pyridine rings is 1. The number of amides is 1. The molecule has 1 saturated heterocycles. The highest BCUT2D eigenvalue weighted by Gasteiger charge is 2.35. The topological polar surface area (TPSA) is 112 Å². The van der Waals surface area contributed by atoms with Crippen LogP contribution in [0.15, 0.2) is 29.4 Å². The fraction of sp³-hybridized carbons (Fsp3) is 0.529. The SMILES string of the molecule is CC(C)(C)[C@H](N)C(=O)N1CCN(S(=O)(=O)c2c[nH]c3ncccc23)CC1. The zero-order chi connectivity index (χ0) is 19.1. The molecule has 0 bridgehead atoms. The Morgan fingerprint density at radius 1 is 1.27 bits per heavy atom. The van der Waals surface area contributed by atoms with Crippen LogP contribution in [-0.2, 0) is 14.8 Å². The predicted molar refractivity (Wildman–Crippen MR) is 98.9 cm³/mol. The molecule has 3 N–H and O–H groups in total. The first-order valence-corrected chi connectivity index (χ1v) is 10.0. The molecule has 0 saturated carbocycles. The lowest BCUT2D eigenvalue weighted by molar-refractivity contribution is -0.136. The molecule has 0 aromatic carbocycles. The van der Waals surface area contributed by atoms with Gasteiger partial charge in [-0.05, 0) is 17.5 Å². The summed E-state index contributed by atoms with van der Waals surface area (Å²) in [5, 5.41) is 0.570. The Balaban J connectivity index is 1.74. The van der Waals surface area contributed by atoms with E-state index in [4.69, 9.17) is 5.73 Å². The van der Waals surface area contributed by atoms with Crippen molar-refractivity contribution in [2.75, 3.05) is 26.2 Å². The van der Waals surface area contributed by atoms with Gasteiger partial charge >= 0.3 is 0 Å². The van der Waals surface area contributed by atoms with Crippen LogP contribution in [0, 0.1) is 5.41 Å². The van der Waals surface area contributed by atoms with Gasteiger partial charge in [0.25, 0.3) is 0 Å². The smallest absolute Gasteiger partial charge is 0.245 e. The number of nitrogens with one attached hydrogen (secondary N) is 1. The van der Waals surface area contributed by atoms with Crippen LogP contribution in [0.3, 0.4) is 0 Å². The molecule has 3 rings (SSSR count). The second-order valence-corrected chi connectivity index (χ2v) is 9.53. The quantitative estimate of drug-likeness (QED) is 0.818. The van der Waals surface area contributed by atoms with Crippen molar-refractivity contribution in [1.29, 1.82) is 0 Å². The summed E-state index contributed by atoms with van der Waals surface area (Å²) < 4.78 is 27.4. The number of hydrogen-bond acceptors (Lipinski definition) is 5. The van der Waals surface area contributed by atoms with E-state index in [2.05, 4.69) is 9.97 Å². The minimum Gasteiger partial charge on any atom is -0.345 e. The van der Waals surface area contributed by atoms with Gasteiger partial charge in [-0.15, -0.1) is 0 Å². The van der Waals surface area contributed by atoms with Gasteiger partial charge in [0.1, 0.15) is 10.5 Å². The Kier molecular flexibility index (Phi) is 4.80. The summed E-state index contributed by atoms with van der Waals surface area (Å²) in [7, 11) is -3.65. The second kappa shape index (κ2) is 6.64. The summed E-state index contributed by atoms with van der Waals surface area (Å²) >= 11 is 0. The number of aromatic nitrogens is 2. The summed E-state index contributed by atoms with van der Waals surface area (Å²) in [6, 6.07) is 2.83. The van der Waals surface area contributed by atoms with Crippen LogP contribution < -0.4 is 5.73 Å². The van der Waals surface area contributed by atoms with Gasteiger partial charge in [0.15, 0.2) is 0 Å². The normalized spacial score (nSPS) is 18.2. The van der Waals surface area contributed by atoms with E-state index in [1.807, 2.05) is 20.8 Å². The predicted octanol–water partition coefficient (Wildman–Crippen LogP) is 0.769. The lowest BCUT2D eigenvalue weighted by atomic mass is 9.86. The number of carbonyl (C=O) groups is 1. The molecule has 0 spiro atoms. The largest absolute Gasteiger partial charge is 0.345 e. The number of carbonyl (C=O) groups excluding carboxylic acids is 1. The zero-order valence-electron chi connectivity index (χ0n) is 15.3. The van der Waals surface area contributed by atoms with Crippen molar-refractivity contribution < 1.29 is 13.2 Å². The number of sulfonamides is 1. The molecule has 0 radical (unpaired) electrons. The summed E-state index contributed by atoms with van der Waals surface area (Å²) in [4.78, 5) is 21.4. The van der Waals surface area contributed by atoms with Crippen molar-refractivity contribution in [3.05, 3.63) is 24.5 Å². The average molecular weight is 379 g/mol. The van der Waals surface area contributed by atoms with Gasteiger partial charge in [-0.1, -0.05) is 20.8 Å². The Labute approximate surface area is 153 Å². The summed E-state index contributed by atoms with van der Waals surface area (Å²) in [6.45, 7) is 6.92. The number of aromatic amines is 1. The zero-order valence-corrected chi connectivity index (χ0v) is 16.1. The van der Waals surface area contributed by atoms with Crippen molar-refractivity contribution in [1.82, 2.24) is 19.2 Å². The molecule has 0 aliphatic carbocycles. The van der Waals surface area contributed by atoms with Crippen molar-refractivity contribution in [2.24, 2.45) is 11.1 Å². The van der Waals surface area contributed by atoms with E-state index in [1.54, 1.807) is 23.2 Å². The third-order valence-electron chi connectivity index (χ3n) is 4.78. The molecular formula is C17H25N5O3S. The number of hydrogen-bond donors (Lipinski definition) is 2. The number of nitrogens with two attached hydrogens (primary N) is 1. The first-order chi connectivity index (χ1) is 12.1. The molecule has 1 aliphatic heterocycles. The number of piperazine rings is 1. The van der Waals surface area contributed by atoms with Crippen molar-refractivity contribution in [3.63, 3.8) is 0 Å². The molecule has 1 amide bonds. The Bertz CT molecular complexity index is 908. The second-order valence-electron chi connectivity index (χ2n) is 7.63. The van der Waals surface area contributed by atoms with E-state index in [0.717, 1.165) is 0 Å². The van der Waals surface area contributed by atoms with Crippen LogP contribution in [0.2, 0.25) is 0 Å². The van der Waals surface area contributed by atoms with Crippen LogP contribution in [0.4, 0.5) is 0 Å². The van der Waals surface area contributed by atoms with Gasteiger partial charge < -0.3 is 15.6 Å². The molecule has 8 nitrogen and oxygen atoms in total. The highest BCUT2D eigenvalue weighted by Crippen LogP contribution is 2.26. The molecule has 3 heterocycles. The Hall–Kier alpha value is -1.97. The number of H-pyrrole nitrogens is 1. The van der Waals surface area contributed by atoms with Gasteiger partial charge in [0, 0.05) is 44.0 Å². The Morgan fingerprint density at radius 2 is 1.92 bits per heavy atom. The van der Waals surface area contributed by atoms with E-state index in [9.17, 15) is 13.2 Å². The fourth-order valence-electron chi connectivity index (χ4n) is 3.00. The average Bonchev–Trinajstić information content (AvgIpc) is 3.04. The maximum atomic E-state index is 13.0. The fourth-order valence-corrected chi connectivity index (χ4v) is 4.57. The van der Waals surface area contributed by atoms with Gasteiger partial charge in [-0.25, -0.2) is 13.4 Å². The minimum atomic E-state index is -3.65. The first kappa shape index (κ1) is 18.8. The molecular weight excluding hydrogens is 354 g/mol. The van der Waals surface area contributed by atoms with E-state index in [-0.39, 0.29) is 29.3 Å².